The van der Waals surface area contributed by atoms with Crippen LogP contribution in [0.1, 0.15) is 19.4 Å². The SMILES string of the molecule is CCc1cc(Nc2ncc(F)c(-n3ccnc3)n2)cc(OC2CN(CC)C2)c1. The van der Waals surface area contributed by atoms with Gasteiger partial charge in [-0.15, -0.1) is 0 Å². The molecule has 1 saturated heterocycles. The Bertz CT molecular complexity index is 940. The van der Waals surface area contributed by atoms with E-state index in [2.05, 4.69) is 45.1 Å². The van der Waals surface area contributed by atoms with E-state index in [1.807, 2.05) is 12.1 Å². The second kappa shape index (κ2) is 7.93. The first-order valence-electron chi connectivity index (χ1n) is 9.45. The number of ether oxygens (including phenoxy) is 1. The minimum Gasteiger partial charge on any atom is -0.488 e. The predicted octanol–water partition coefficient (Wildman–Crippen LogP) is 3.19. The summed E-state index contributed by atoms with van der Waals surface area (Å²) in [7, 11) is 0. The van der Waals surface area contributed by atoms with Crippen LogP contribution in [0.2, 0.25) is 0 Å². The Morgan fingerprint density at radius 1 is 1.25 bits per heavy atom. The first-order chi connectivity index (χ1) is 13.6. The molecule has 0 radical (unpaired) electrons. The quantitative estimate of drug-likeness (QED) is 0.677. The third kappa shape index (κ3) is 3.96. The standard InChI is InChI=1S/C20H23FN6O/c1-3-14-7-15(9-16(8-14)28-17-11-26(4-2)12-17)24-20-23-10-18(21)19(25-20)27-6-5-22-13-27/h5-10,13,17H,3-4,11-12H2,1-2H3,(H,23,24,25). The number of nitrogens with zero attached hydrogens (tertiary/aromatic N) is 5. The monoisotopic (exact) mass is 382 g/mol. The summed E-state index contributed by atoms with van der Waals surface area (Å²) < 4.78 is 21.7. The van der Waals surface area contributed by atoms with Crippen molar-refractivity contribution in [2.45, 2.75) is 26.4 Å². The van der Waals surface area contributed by atoms with Crippen LogP contribution in [0, 0.1) is 5.82 Å². The Balaban J connectivity index is 1.54. The number of rotatable bonds is 7. The molecule has 2 aromatic heterocycles. The summed E-state index contributed by atoms with van der Waals surface area (Å²) in [5.74, 6) is 0.761. The minimum atomic E-state index is -0.514. The molecule has 0 atom stereocenters. The fourth-order valence-corrected chi connectivity index (χ4v) is 3.17. The molecule has 1 aromatic carbocycles. The van der Waals surface area contributed by atoms with Crippen molar-refractivity contribution in [3.63, 3.8) is 0 Å². The van der Waals surface area contributed by atoms with Crippen LogP contribution < -0.4 is 10.1 Å². The lowest BCUT2D eigenvalue weighted by Crippen LogP contribution is -2.53. The van der Waals surface area contributed by atoms with Crippen molar-refractivity contribution in [1.82, 2.24) is 24.4 Å². The number of halogens is 1. The van der Waals surface area contributed by atoms with Gasteiger partial charge in [0.15, 0.2) is 11.6 Å². The average molecular weight is 382 g/mol. The lowest BCUT2D eigenvalue weighted by atomic mass is 10.1. The topological polar surface area (TPSA) is 68.1 Å². The highest BCUT2D eigenvalue weighted by atomic mass is 19.1. The van der Waals surface area contributed by atoms with Crippen LogP contribution in [0.4, 0.5) is 16.0 Å². The van der Waals surface area contributed by atoms with E-state index in [9.17, 15) is 4.39 Å². The zero-order valence-electron chi connectivity index (χ0n) is 16.0. The summed E-state index contributed by atoms with van der Waals surface area (Å²) in [4.78, 5) is 14.6. The fourth-order valence-electron chi connectivity index (χ4n) is 3.17. The lowest BCUT2D eigenvalue weighted by Gasteiger charge is -2.38. The average Bonchev–Trinajstić information content (AvgIpc) is 3.20. The molecule has 1 aliphatic rings. The summed E-state index contributed by atoms with van der Waals surface area (Å²) in [5.41, 5.74) is 1.95. The van der Waals surface area contributed by atoms with Crippen molar-refractivity contribution in [2.75, 3.05) is 25.0 Å². The lowest BCUT2D eigenvalue weighted by molar-refractivity contribution is 0.0238. The van der Waals surface area contributed by atoms with Gasteiger partial charge in [0.05, 0.1) is 6.20 Å². The second-order valence-corrected chi connectivity index (χ2v) is 6.77. The number of hydrogen-bond donors (Lipinski definition) is 1. The molecule has 1 fully saturated rings. The molecule has 3 heterocycles. The van der Waals surface area contributed by atoms with Crippen molar-refractivity contribution in [3.8, 4) is 11.6 Å². The normalized spacial score (nSPS) is 14.7. The molecule has 7 nitrogen and oxygen atoms in total. The number of aryl methyl sites for hydroxylation is 1. The largest absolute Gasteiger partial charge is 0.488 e. The van der Waals surface area contributed by atoms with Gasteiger partial charge in [0.1, 0.15) is 18.2 Å². The minimum absolute atomic E-state index is 0.146. The van der Waals surface area contributed by atoms with Gasteiger partial charge in [-0.3, -0.25) is 9.47 Å². The van der Waals surface area contributed by atoms with Gasteiger partial charge >= 0.3 is 0 Å². The van der Waals surface area contributed by atoms with Crippen LogP contribution in [0.5, 0.6) is 5.75 Å². The third-order valence-electron chi connectivity index (χ3n) is 4.78. The number of anilines is 2. The maximum absolute atomic E-state index is 14.1. The molecule has 0 spiro atoms. The van der Waals surface area contributed by atoms with Crippen molar-refractivity contribution in [3.05, 3.63) is 54.5 Å². The summed E-state index contributed by atoms with van der Waals surface area (Å²) in [5, 5.41) is 3.16. The Morgan fingerprint density at radius 3 is 2.82 bits per heavy atom. The van der Waals surface area contributed by atoms with E-state index in [0.717, 1.165) is 49.3 Å². The van der Waals surface area contributed by atoms with Crippen molar-refractivity contribution < 1.29 is 9.13 Å². The molecule has 0 amide bonds. The molecule has 3 aromatic rings. The van der Waals surface area contributed by atoms with Gasteiger partial charge in [0, 0.05) is 37.2 Å². The molecular formula is C20H23FN6O. The molecule has 0 saturated carbocycles. The van der Waals surface area contributed by atoms with Crippen LogP contribution in [-0.4, -0.2) is 50.2 Å². The Hall–Kier alpha value is -3.00. The van der Waals surface area contributed by atoms with E-state index in [-0.39, 0.29) is 11.9 Å². The zero-order valence-corrected chi connectivity index (χ0v) is 16.0. The number of nitrogens with one attached hydrogen (secondary N) is 1. The predicted molar refractivity (Wildman–Crippen MR) is 105 cm³/mol. The van der Waals surface area contributed by atoms with Gasteiger partial charge < -0.3 is 10.1 Å². The molecule has 4 rings (SSSR count). The maximum atomic E-state index is 14.1. The van der Waals surface area contributed by atoms with Crippen molar-refractivity contribution in [2.24, 2.45) is 0 Å². The number of imidazole rings is 1. The van der Waals surface area contributed by atoms with Crippen LogP contribution in [-0.2, 0) is 6.42 Å². The van der Waals surface area contributed by atoms with Crippen molar-refractivity contribution in [1.29, 1.82) is 0 Å². The number of likely N-dealkylation sites (tertiary alicyclic amines) is 1. The van der Waals surface area contributed by atoms with E-state index in [4.69, 9.17) is 4.74 Å². The Labute approximate surface area is 163 Å². The van der Waals surface area contributed by atoms with Crippen molar-refractivity contribution >= 4 is 11.6 Å². The summed E-state index contributed by atoms with van der Waals surface area (Å²) in [6, 6.07) is 6.01. The molecular weight excluding hydrogens is 359 g/mol. The zero-order chi connectivity index (χ0) is 19.5. The van der Waals surface area contributed by atoms with Gasteiger partial charge in [-0.1, -0.05) is 13.8 Å². The number of aromatic nitrogens is 4. The van der Waals surface area contributed by atoms with Crippen LogP contribution >= 0.6 is 0 Å². The van der Waals surface area contributed by atoms with Gasteiger partial charge in [-0.2, -0.15) is 4.98 Å². The van der Waals surface area contributed by atoms with Gasteiger partial charge in [-0.25, -0.2) is 14.4 Å². The smallest absolute Gasteiger partial charge is 0.229 e. The highest BCUT2D eigenvalue weighted by molar-refractivity contribution is 5.58. The molecule has 0 aliphatic carbocycles. The fraction of sp³-hybridized carbons (Fsp3) is 0.350. The van der Waals surface area contributed by atoms with Gasteiger partial charge in [-0.05, 0) is 30.7 Å². The third-order valence-corrected chi connectivity index (χ3v) is 4.78. The van der Waals surface area contributed by atoms with E-state index in [1.165, 1.54) is 10.9 Å². The van der Waals surface area contributed by atoms with Gasteiger partial charge in [0.2, 0.25) is 5.95 Å². The molecule has 146 valence electrons. The first kappa shape index (κ1) is 18.4. The Morgan fingerprint density at radius 2 is 2.11 bits per heavy atom. The molecule has 0 bridgehead atoms. The second-order valence-electron chi connectivity index (χ2n) is 6.77. The van der Waals surface area contributed by atoms with Crippen LogP contribution in [0.15, 0.2) is 43.1 Å². The maximum Gasteiger partial charge on any atom is 0.229 e. The molecule has 0 unspecified atom stereocenters. The molecule has 1 aliphatic heterocycles. The number of hydrogen-bond acceptors (Lipinski definition) is 6. The Kier molecular flexibility index (Phi) is 5.21. The van der Waals surface area contributed by atoms with E-state index < -0.39 is 5.82 Å². The van der Waals surface area contributed by atoms with Crippen LogP contribution in [0.25, 0.3) is 5.82 Å². The van der Waals surface area contributed by atoms with Crippen LogP contribution in [0.3, 0.4) is 0 Å². The highest BCUT2D eigenvalue weighted by Gasteiger charge is 2.27. The van der Waals surface area contributed by atoms with E-state index in [0.29, 0.717) is 5.95 Å². The summed E-state index contributed by atoms with van der Waals surface area (Å²) in [6.45, 7) is 7.19. The number of benzene rings is 1. The molecule has 28 heavy (non-hydrogen) atoms. The number of likely N-dealkylation sites (N-methyl/N-ethyl adjacent to an activating group) is 1. The molecule has 1 N–H and O–H groups in total. The van der Waals surface area contributed by atoms with Gasteiger partial charge in [0.25, 0.3) is 0 Å². The first-order valence-corrected chi connectivity index (χ1v) is 9.45. The summed E-state index contributed by atoms with van der Waals surface area (Å²) >= 11 is 0. The summed E-state index contributed by atoms with van der Waals surface area (Å²) in [6.07, 6.45) is 6.95. The highest BCUT2D eigenvalue weighted by Crippen LogP contribution is 2.26. The molecule has 8 heteroatoms. The van der Waals surface area contributed by atoms with E-state index >= 15 is 0 Å². The van der Waals surface area contributed by atoms with E-state index in [1.54, 1.807) is 12.4 Å².